The fraction of sp³-hybridized carbons (Fsp3) is 0.407. The molecule has 0 bridgehead atoms. The Morgan fingerprint density at radius 3 is 1.74 bits per heavy atom. The molecule has 0 aliphatic carbocycles. The van der Waals surface area contributed by atoms with Gasteiger partial charge in [-0.3, -0.25) is 0 Å². The number of thiophene rings is 1. The maximum absolute atomic E-state index is 12.4. The third-order valence-corrected chi connectivity index (χ3v) is 12.0. The summed E-state index contributed by atoms with van der Waals surface area (Å²) in [7, 11) is -2.00. The van der Waals surface area contributed by atoms with Gasteiger partial charge in [-0.05, 0) is 52.2 Å². The fourth-order valence-corrected chi connectivity index (χ4v) is 6.14. The SMILES string of the molecule is CC(C)C(O[Si](C)(C)C(C)(C)C)c1ccsc1C(O)(c1ccccc1)c1ccccc1. The third-order valence-electron chi connectivity index (χ3n) is 6.55. The molecule has 0 aliphatic heterocycles. The van der Waals surface area contributed by atoms with Crippen molar-refractivity contribution in [3.8, 4) is 0 Å². The van der Waals surface area contributed by atoms with E-state index in [9.17, 15) is 5.11 Å². The first-order valence-corrected chi connectivity index (χ1v) is 14.9. The van der Waals surface area contributed by atoms with Crippen LogP contribution in [0.1, 0.15) is 62.3 Å². The van der Waals surface area contributed by atoms with E-state index in [2.05, 4.69) is 59.2 Å². The average Bonchev–Trinajstić information content (AvgIpc) is 3.21. The molecule has 4 heteroatoms. The molecular weight excluding hydrogens is 416 g/mol. The Balaban J connectivity index is 2.18. The summed E-state index contributed by atoms with van der Waals surface area (Å²) in [6.45, 7) is 15.8. The first-order chi connectivity index (χ1) is 14.5. The summed E-state index contributed by atoms with van der Waals surface area (Å²) in [5.74, 6) is 0.290. The molecule has 1 aromatic heterocycles. The van der Waals surface area contributed by atoms with Gasteiger partial charge in [0.25, 0.3) is 0 Å². The second kappa shape index (κ2) is 9.03. The first kappa shape index (κ1) is 23.9. The minimum Gasteiger partial charge on any atom is -0.410 e. The number of hydrogen-bond acceptors (Lipinski definition) is 3. The summed E-state index contributed by atoms with van der Waals surface area (Å²) in [5.41, 5.74) is 1.62. The molecule has 1 N–H and O–H groups in total. The Morgan fingerprint density at radius 1 is 0.839 bits per heavy atom. The van der Waals surface area contributed by atoms with Crippen molar-refractivity contribution in [2.75, 3.05) is 0 Å². The maximum Gasteiger partial charge on any atom is 0.192 e. The Hall–Kier alpha value is -1.72. The predicted molar refractivity (Wildman–Crippen MR) is 135 cm³/mol. The van der Waals surface area contributed by atoms with E-state index in [4.69, 9.17) is 4.43 Å². The largest absolute Gasteiger partial charge is 0.410 e. The van der Waals surface area contributed by atoms with Crippen LogP contribution in [-0.4, -0.2) is 13.4 Å². The lowest BCUT2D eigenvalue weighted by atomic mass is 9.82. The Kier molecular flexibility index (Phi) is 6.97. The third kappa shape index (κ3) is 4.73. The fourth-order valence-electron chi connectivity index (χ4n) is 3.68. The lowest BCUT2D eigenvalue weighted by molar-refractivity contribution is 0.110. The van der Waals surface area contributed by atoms with E-state index in [1.165, 1.54) is 0 Å². The molecule has 0 fully saturated rings. The van der Waals surface area contributed by atoms with E-state index in [0.717, 1.165) is 21.6 Å². The highest BCUT2D eigenvalue weighted by molar-refractivity contribution is 7.10. The van der Waals surface area contributed by atoms with Crippen molar-refractivity contribution < 1.29 is 9.53 Å². The number of benzene rings is 2. The summed E-state index contributed by atoms with van der Waals surface area (Å²) in [5, 5.41) is 14.6. The van der Waals surface area contributed by atoms with Crippen molar-refractivity contribution in [2.24, 2.45) is 5.92 Å². The van der Waals surface area contributed by atoms with Crippen molar-refractivity contribution >= 4 is 19.7 Å². The monoisotopic (exact) mass is 452 g/mol. The van der Waals surface area contributed by atoms with Gasteiger partial charge >= 0.3 is 0 Å². The molecule has 1 atom stereocenters. The Morgan fingerprint density at radius 2 is 1.32 bits per heavy atom. The second-order valence-corrected chi connectivity index (χ2v) is 15.9. The highest BCUT2D eigenvalue weighted by Crippen LogP contribution is 2.47. The lowest BCUT2D eigenvalue weighted by Crippen LogP contribution is -2.43. The van der Waals surface area contributed by atoms with Crippen molar-refractivity contribution in [2.45, 2.75) is 64.5 Å². The Bertz CT molecular complexity index is 932. The highest BCUT2D eigenvalue weighted by Gasteiger charge is 2.43. The minimum absolute atomic E-state index is 0.0684. The average molecular weight is 453 g/mol. The number of rotatable bonds is 7. The summed E-state index contributed by atoms with van der Waals surface area (Å²) in [6, 6.07) is 22.1. The van der Waals surface area contributed by atoms with E-state index in [0.29, 0.717) is 5.92 Å². The van der Waals surface area contributed by atoms with Crippen LogP contribution in [0.4, 0.5) is 0 Å². The molecule has 0 amide bonds. The normalized spacial score (nSPS) is 14.1. The molecule has 2 aromatic carbocycles. The van der Waals surface area contributed by atoms with Crippen molar-refractivity contribution in [3.05, 3.63) is 93.7 Å². The van der Waals surface area contributed by atoms with Crippen LogP contribution in [0.15, 0.2) is 72.1 Å². The molecule has 3 rings (SSSR count). The van der Waals surface area contributed by atoms with E-state index < -0.39 is 13.9 Å². The lowest BCUT2D eigenvalue weighted by Gasteiger charge is -2.41. The molecular formula is C27H36O2SSi. The summed E-state index contributed by atoms with van der Waals surface area (Å²) < 4.78 is 6.95. The molecule has 0 spiro atoms. The van der Waals surface area contributed by atoms with E-state index in [1.807, 2.05) is 60.7 Å². The highest BCUT2D eigenvalue weighted by atomic mass is 32.1. The van der Waals surface area contributed by atoms with Gasteiger partial charge in [0, 0.05) is 0 Å². The van der Waals surface area contributed by atoms with Gasteiger partial charge in [0.2, 0.25) is 0 Å². The molecule has 1 heterocycles. The van der Waals surface area contributed by atoms with Crippen LogP contribution in [0, 0.1) is 5.92 Å². The zero-order valence-electron chi connectivity index (χ0n) is 19.8. The van der Waals surface area contributed by atoms with Crippen LogP contribution >= 0.6 is 11.3 Å². The number of aliphatic hydroxyl groups is 1. The Labute approximate surface area is 193 Å². The zero-order chi connectivity index (χ0) is 22.9. The van der Waals surface area contributed by atoms with Gasteiger partial charge in [-0.25, -0.2) is 0 Å². The molecule has 0 saturated heterocycles. The van der Waals surface area contributed by atoms with Gasteiger partial charge in [-0.2, -0.15) is 0 Å². The van der Waals surface area contributed by atoms with Gasteiger partial charge in [0.1, 0.15) is 5.60 Å². The summed E-state index contributed by atoms with van der Waals surface area (Å²) >= 11 is 1.61. The standard InChI is InChI=1S/C27H36O2SSi/c1-20(2)24(29-31(6,7)26(3,4)5)23-18-19-30-25(23)27(28,21-14-10-8-11-15-21)22-16-12-9-13-17-22/h8-20,24,28H,1-7H3. The van der Waals surface area contributed by atoms with Gasteiger partial charge in [-0.1, -0.05) is 95.3 Å². The van der Waals surface area contributed by atoms with Gasteiger partial charge < -0.3 is 9.53 Å². The quantitative estimate of drug-likeness (QED) is 0.371. The molecule has 0 saturated carbocycles. The molecule has 0 aliphatic rings. The van der Waals surface area contributed by atoms with E-state index in [1.54, 1.807) is 11.3 Å². The van der Waals surface area contributed by atoms with E-state index in [-0.39, 0.29) is 11.1 Å². The molecule has 0 radical (unpaired) electrons. The van der Waals surface area contributed by atoms with Crippen LogP contribution in [0.3, 0.4) is 0 Å². The van der Waals surface area contributed by atoms with Gasteiger partial charge in [0.05, 0.1) is 11.0 Å². The van der Waals surface area contributed by atoms with Crippen LogP contribution in [0.5, 0.6) is 0 Å². The molecule has 166 valence electrons. The van der Waals surface area contributed by atoms with Crippen LogP contribution in [0.2, 0.25) is 18.1 Å². The van der Waals surface area contributed by atoms with Crippen LogP contribution < -0.4 is 0 Å². The first-order valence-electron chi connectivity index (χ1n) is 11.1. The summed E-state index contributed by atoms with van der Waals surface area (Å²) in [4.78, 5) is 0.947. The van der Waals surface area contributed by atoms with Gasteiger partial charge in [-0.15, -0.1) is 11.3 Å². The van der Waals surface area contributed by atoms with Crippen LogP contribution in [-0.2, 0) is 10.0 Å². The van der Waals surface area contributed by atoms with Crippen molar-refractivity contribution in [1.82, 2.24) is 0 Å². The van der Waals surface area contributed by atoms with Gasteiger partial charge in [0.15, 0.2) is 8.32 Å². The molecule has 2 nitrogen and oxygen atoms in total. The molecule has 1 unspecified atom stereocenters. The molecule has 3 aromatic rings. The van der Waals surface area contributed by atoms with Crippen molar-refractivity contribution in [3.63, 3.8) is 0 Å². The second-order valence-electron chi connectivity index (χ2n) is 10.2. The summed E-state index contributed by atoms with van der Waals surface area (Å²) in [6.07, 6.45) is -0.0684. The van der Waals surface area contributed by atoms with Crippen LogP contribution in [0.25, 0.3) is 0 Å². The van der Waals surface area contributed by atoms with E-state index >= 15 is 0 Å². The smallest absolute Gasteiger partial charge is 0.192 e. The predicted octanol–water partition coefficient (Wildman–Crippen LogP) is 7.75. The zero-order valence-corrected chi connectivity index (χ0v) is 21.7. The molecule has 31 heavy (non-hydrogen) atoms. The number of hydrogen-bond donors (Lipinski definition) is 1. The maximum atomic E-state index is 12.4. The minimum atomic E-state index is -2.00. The van der Waals surface area contributed by atoms with Crippen molar-refractivity contribution in [1.29, 1.82) is 0 Å². The topological polar surface area (TPSA) is 29.5 Å².